The predicted octanol–water partition coefficient (Wildman–Crippen LogP) is 2.91. The molecule has 0 aliphatic carbocycles. The Kier molecular flexibility index (Phi) is 6.53. The van der Waals surface area contributed by atoms with Crippen molar-refractivity contribution in [1.82, 2.24) is 14.5 Å². The van der Waals surface area contributed by atoms with E-state index in [9.17, 15) is 22.0 Å². The Hall–Kier alpha value is -2.79. The van der Waals surface area contributed by atoms with E-state index in [1.165, 1.54) is 34.1 Å². The fraction of sp³-hybridized carbons (Fsp3) is 0.409. The van der Waals surface area contributed by atoms with Gasteiger partial charge in [-0.05, 0) is 24.5 Å². The first kappa shape index (κ1) is 23.4. The molecule has 178 valence electrons. The minimum Gasteiger partial charge on any atom is -0.488 e. The van der Waals surface area contributed by atoms with Crippen LogP contribution in [0.3, 0.4) is 0 Å². The van der Waals surface area contributed by atoms with Crippen LogP contribution in [0.4, 0.5) is 18.0 Å². The lowest BCUT2D eigenvalue weighted by Crippen LogP contribution is -2.51. The van der Waals surface area contributed by atoms with Gasteiger partial charge in [0, 0.05) is 30.8 Å². The SMILES string of the molecule is CN1CCOc2c(F)cccc2-c2cccc(c2F)CC2C(NS(=O)(=O)CF)CCN2C1=O. The first-order valence-electron chi connectivity index (χ1n) is 10.5. The number of ether oxygens (including phenoxy) is 1. The number of alkyl halides is 1. The van der Waals surface area contributed by atoms with Crippen LogP contribution in [0.25, 0.3) is 11.1 Å². The van der Waals surface area contributed by atoms with Crippen molar-refractivity contribution in [3.8, 4) is 16.9 Å². The lowest BCUT2D eigenvalue weighted by atomic mass is 9.95. The normalized spacial score (nSPS) is 21.4. The number of urea groups is 1. The summed E-state index contributed by atoms with van der Waals surface area (Å²) >= 11 is 0. The van der Waals surface area contributed by atoms with E-state index < -0.39 is 45.8 Å². The van der Waals surface area contributed by atoms with Gasteiger partial charge in [-0.1, -0.05) is 30.3 Å². The molecule has 0 radical (unpaired) electrons. The number of hydrogen-bond donors (Lipinski definition) is 1. The molecule has 1 fully saturated rings. The monoisotopic (exact) mass is 483 g/mol. The van der Waals surface area contributed by atoms with Gasteiger partial charge in [-0.15, -0.1) is 0 Å². The van der Waals surface area contributed by atoms with Crippen LogP contribution in [0.2, 0.25) is 0 Å². The first-order chi connectivity index (χ1) is 15.7. The van der Waals surface area contributed by atoms with E-state index in [-0.39, 0.29) is 55.0 Å². The molecule has 0 saturated carbocycles. The van der Waals surface area contributed by atoms with Crippen molar-refractivity contribution in [2.45, 2.75) is 24.9 Å². The summed E-state index contributed by atoms with van der Waals surface area (Å²) in [7, 11) is -2.64. The van der Waals surface area contributed by atoms with E-state index in [0.717, 1.165) is 0 Å². The molecule has 11 heteroatoms. The number of carbonyl (C=O) groups excluding carboxylic acids is 1. The van der Waals surface area contributed by atoms with Gasteiger partial charge in [0.15, 0.2) is 11.6 Å². The summed E-state index contributed by atoms with van der Waals surface area (Å²) in [4.78, 5) is 15.9. The Morgan fingerprint density at radius 1 is 1.12 bits per heavy atom. The zero-order valence-electron chi connectivity index (χ0n) is 17.9. The summed E-state index contributed by atoms with van der Waals surface area (Å²) in [6, 6.07) is 5.35. The highest BCUT2D eigenvalue weighted by Crippen LogP contribution is 2.36. The Labute approximate surface area is 190 Å². The summed E-state index contributed by atoms with van der Waals surface area (Å²) in [6.45, 7) is 0.301. The minimum absolute atomic E-state index is 0.00969. The van der Waals surface area contributed by atoms with E-state index >= 15 is 4.39 Å². The van der Waals surface area contributed by atoms with Crippen molar-refractivity contribution in [3.05, 3.63) is 53.6 Å². The van der Waals surface area contributed by atoms with E-state index in [0.29, 0.717) is 0 Å². The van der Waals surface area contributed by atoms with E-state index in [4.69, 9.17) is 4.74 Å². The van der Waals surface area contributed by atoms with E-state index in [2.05, 4.69) is 4.72 Å². The van der Waals surface area contributed by atoms with Crippen LogP contribution in [0.15, 0.2) is 36.4 Å². The molecule has 4 rings (SSSR count). The molecule has 1 N–H and O–H groups in total. The number of likely N-dealkylation sites (N-methyl/N-ethyl adjacent to an activating group) is 1. The molecule has 2 unspecified atom stereocenters. The second kappa shape index (κ2) is 9.22. The summed E-state index contributed by atoms with van der Waals surface area (Å²) < 4.78 is 74.8. The number of nitrogens with zero attached hydrogens (tertiary/aromatic N) is 2. The number of halogens is 3. The molecule has 2 aromatic carbocycles. The summed E-state index contributed by atoms with van der Waals surface area (Å²) in [5.41, 5.74) is 0.589. The summed E-state index contributed by atoms with van der Waals surface area (Å²) in [5.74, 6) is -1.38. The van der Waals surface area contributed by atoms with Crippen molar-refractivity contribution in [2.24, 2.45) is 0 Å². The number of nitrogens with one attached hydrogen (secondary N) is 1. The van der Waals surface area contributed by atoms with Crippen LogP contribution in [0.5, 0.6) is 5.75 Å². The number of para-hydroxylation sites is 1. The Bertz CT molecular complexity index is 1160. The third kappa shape index (κ3) is 4.65. The molecule has 2 heterocycles. The quantitative estimate of drug-likeness (QED) is 0.728. The molecule has 1 saturated heterocycles. The number of sulfonamides is 1. The Balaban J connectivity index is 1.80. The molecule has 2 atom stereocenters. The average Bonchev–Trinajstić information content (AvgIpc) is 3.16. The molecular weight excluding hydrogens is 459 g/mol. The number of carbonyl (C=O) groups is 1. The van der Waals surface area contributed by atoms with Gasteiger partial charge >= 0.3 is 6.03 Å². The van der Waals surface area contributed by atoms with Crippen molar-refractivity contribution in [1.29, 1.82) is 0 Å². The molecule has 0 spiro atoms. The molecule has 2 amide bonds. The second-order valence-corrected chi connectivity index (χ2v) is 9.83. The second-order valence-electron chi connectivity index (χ2n) is 8.15. The molecule has 2 aliphatic heterocycles. The molecule has 2 aliphatic rings. The number of amides is 2. The summed E-state index contributed by atoms with van der Waals surface area (Å²) in [5, 5.41) is 0. The van der Waals surface area contributed by atoms with E-state index in [1.54, 1.807) is 19.2 Å². The fourth-order valence-corrected chi connectivity index (χ4v) is 5.18. The number of fused-ring (bicyclic) bond motifs is 5. The summed E-state index contributed by atoms with van der Waals surface area (Å²) in [6.07, 6.45) is 0.250. The molecule has 7 nitrogen and oxygen atoms in total. The number of hydrogen-bond acceptors (Lipinski definition) is 4. The Morgan fingerprint density at radius 3 is 2.61 bits per heavy atom. The fourth-order valence-electron chi connectivity index (χ4n) is 4.38. The average molecular weight is 484 g/mol. The minimum atomic E-state index is -4.19. The van der Waals surface area contributed by atoms with Gasteiger partial charge in [0.1, 0.15) is 12.4 Å². The smallest absolute Gasteiger partial charge is 0.320 e. The third-order valence-electron chi connectivity index (χ3n) is 6.03. The molecule has 0 aromatic heterocycles. The first-order valence-corrected chi connectivity index (χ1v) is 12.1. The predicted molar refractivity (Wildman–Crippen MR) is 116 cm³/mol. The van der Waals surface area contributed by atoms with Gasteiger partial charge < -0.3 is 14.5 Å². The van der Waals surface area contributed by atoms with Gasteiger partial charge in [-0.2, -0.15) is 0 Å². The lowest BCUT2D eigenvalue weighted by Gasteiger charge is -2.32. The highest BCUT2D eigenvalue weighted by atomic mass is 32.2. The van der Waals surface area contributed by atoms with Crippen LogP contribution in [0, 0.1) is 11.6 Å². The van der Waals surface area contributed by atoms with E-state index in [1.807, 2.05) is 0 Å². The van der Waals surface area contributed by atoms with Gasteiger partial charge in [0.05, 0.1) is 12.6 Å². The van der Waals surface area contributed by atoms with Crippen molar-refractivity contribution >= 4 is 16.1 Å². The zero-order valence-corrected chi connectivity index (χ0v) is 18.7. The molecule has 2 bridgehead atoms. The number of benzene rings is 2. The van der Waals surface area contributed by atoms with Crippen LogP contribution in [-0.2, 0) is 16.4 Å². The lowest BCUT2D eigenvalue weighted by molar-refractivity contribution is 0.146. The van der Waals surface area contributed by atoms with Crippen LogP contribution >= 0.6 is 0 Å². The van der Waals surface area contributed by atoms with Crippen LogP contribution in [-0.4, -0.2) is 69.1 Å². The van der Waals surface area contributed by atoms with Crippen LogP contribution < -0.4 is 9.46 Å². The molecular formula is C22H24F3N3O4S. The van der Waals surface area contributed by atoms with Crippen molar-refractivity contribution < 1.29 is 31.1 Å². The van der Waals surface area contributed by atoms with Gasteiger partial charge in [-0.3, -0.25) is 0 Å². The maximum atomic E-state index is 15.6. The number of rotatable bonds is 3. The maximum absolute atomic E-state index is 15.6. The molecule has 33 heavy (non-hydrogen) atoms. The Morgan fingerprint density at radius 2 is 1.85 bits per heavy atom. The van der Waals surface area contributed by atoms with Gasteiger partial charge in [-0.25, -0.2) is 31.1 Å². The third-order valence-corrected chi connectivity index (χ3v) is 6.98. The topological polar surface area (TPSA) is 79.0 Å². The standard InChI is InChI=1S/C22H24F3N3O4S/c1-27-10-11-32-21-16(6-3-7-17(21)24)15-5-2-4-14(20(15)25)12-19-18(26-33(30,31)13-23)8-9-28(19)22(27)29/h2-7,18-19,26H,8-13H2,1H3. The largest absolute Gasteiger partial charge is 0.488 e. The zero-order chi connectivity index (χ0) is 23.8. The highest BCUT2D eigenvalue weighted by Gasteiger charge is 2.40. The van der Waals surface area contributed by atoms with Gasteiger partial charge in [0.25, 0.3) is 0 Å². The highest BCUT2D eigenvalue weighted by molar-refractivity contribution is 7.89. The van der Waals surface area contributed by atoms with Crippen molar-refractivity contribution in [2.75, 3.05) is 32.8 Å². The molecule has 2 aromatic rings. The maximum Gasteiger partial charge on any atom is 0.320 e. The van der Waals surface area contributed by atoms with Crippen molar-refractivity contribution in [3.63, 3.8) is 0 Å². The van der Waals surface area contributed by atoms with Gasteiger partial charge in [0.2, 0.25) is 16.0 Å². The van der Waals surface area contributed by atoms with Crippen LogP contribution in [0.1, 0.15) is 12.0 Å².